The number of ketones is 1. The summed E-state index contributed by atoms with van der Waals surface area (Å²) >= 11 is 2.70. The van der Waals surface area contributed by atoms with Crippen molar-refractivity contribution in [2.24, 2.45) is 16.9 Å². The molecule has 2 aromatic rings. The first-order valence-electron chi connectivity index (χ1n) is 29.0. The van der Waals surface area contributed by atoms with Crippen LogP contribution in [-0.4, -0.2) is 224 Å². The first kappa shape index (κ1) is 80.8. The second-order valence-corrected chi connectivity index (χ2v) is 29.0. The molecule has 0 spiro atoms. The summed E-state index contributed by atoms with van der Waals surface area (Å²) in [6.45, 7) is 5.13. The van der Waals surface area contributed by atoms with Crippen LogP contribution in [0.1, 0.15) is 92.5 Å². The van der Waals surface area contributed by atoms with E-state index in [1.165, 1.54) is 23.5 Å². The molecule has 0 radical (unpaired) electrons. The molecule has 0 bridgehead atoms. The summed E-state index contributed by atoms with van der Waals surface area (Å²) in [5, 5.41) is 31.8. The maximum absolute atomic E-state index is 14.9. The molecular formula is C52H77F4N11O25P2S2. The molecule has 2 aliphatic heterocycles. The highest BCUT2D eigenvalue weighted by Crippen LogP contribution is 2.46. The minimum absolute atomic E-state index is 0.0166. The number of rotatable bonds is 36. The largest absolute Gasteiger partial charge is 0.469 e. The lowest BCUT2D eigenvalue weighted by atomic mass is 9.80. The topological polar surface area (TPSA) is 539 Å². The summed E-state index contributed by atoms with van der Waals surface area (Å²) in [4.78, 5) is 171. The summed E-state index contributed by atoms with van der Waals surface area (Å²) in [5.74, 6) is -15.4. The van der Waals surface area contributed by atoms with Crippen molar-refractivity contribution < 1.29 is 128 Å². The van der Waals surface area contributed by atoms with Crippen LogP contribution in [0.3, 0.4) is 0 Å². The van der Waals surface area contributed by atoms with E-state index in [1.807, 2.05) is 0 Å². The van der Waals surface area contributed by atoms with Crippen molar-refractivity contribution in [1.29, 1.82) is 0 Å². The van der Waals surface area contributed by atoms with Gasteiger partial charge in [0.05, 0.1) is 49.8 Å². The number of ether oxygens (including phenoxy) is 5. The molecule has 96 heavy (non-hydrogen) atoms. The predicted octanol–water partition coefficient (Wildman–Crippen LogP) is -1.80. The number of hydrogen-bond acceptors (Lipinski definition) is 27. The number of alkyl halides is 4. The Labute approximate surface area is 551 Å². The third-order valence-corrected chi connectivity index (χ3v) is 18.5. The number of phosphoric acid groups is 2. The van der Waals surface area contributed by atoms with Crippen molar-refractivity contribution in [3.8, 4) is 0 Å². The van der Waals surface area contributed by atoms with Gasteiger partial charge in [-0.2, -0.15) is 51.1 Å². The van der Waals surface area contributed by atoms with Crippen LogP contribution in [-0.2, 0) is 80.2 Å². The van der Waals surface area contributed by atoms with Crippen molar-refractivity contribution >= 4 is 98.1 Å². The van der Waals surface area contributed by atoms with Gasteiger partial charge in [0.15, 0.2) is 31.2 Å². The fourth-order valence-electron chi connectivity index (χ4n) is 9.05. The number of halogens is 4. The van der Waals surface area contributed by atoms with Gasteiger partial charge in [0.1, 0.15) is 29.9 Å². The fraction of sp³-hybridized carbons (Fsp3) is 0.692. The highest BCUT2D eigenvalue weighted by molar-refractivity contribution is 8.04. The van der Waals surface area contributed by atoms with Crippen molar-refractivity contribution in [2.75, 3.05) is 68.3 Å². The fourth-order valence-corrected chi connectivity index (χ4v) is 12.8. The van der Waals surface area contributed by atoms with Gasteiger partial charge in [-0.05, 0) is 52.2 Å². The van der Waals surface area contributed by atoms with Crippen LogP contribution < -0.4 is 49.4 Å². The van der Waals surface area contributed by atoms with Gasteiger partial charge in [-0.1, -0.05) is 20.8 Å². The van der Waals surface area contributed by atoms with Crippen LogP contribution in [0.4, 0.5) is 29.2 Å². The third-order valence-electron chi connectivity index (χ3n) is 14.3. The molecule has 540 valence electrons. The van der Waals surface area contributed by atoms with Gasteiger partial charge >= 0.3 is 50.8 Å². The highest BCUT2D eigenvalue weighted by atomic mass is 32.2. The molecule has 3 fully saturated rings. The summed E-state index contributed by atoms with van der Waals surface area (Å²) in [7, 11) is -10.3. The number of nitrogens with two attached hydrogens (primary N) is 2. The molecule has 5 unspecified atom stereocenters. The van der Waals surface area contributed by atoms with E-state index in [0.717, 1.165) is 24.5 Å². The van der Waals surface area contributed by atoms with Gasteiger partial charge in [-0.15, -0.1) is 0 Å². The molecule has 4 heterocycles. The summed E-state index contributed by atoms with van der Waals surface area (Å²) in [5.41, 5.74) is 6.56. The third kappa shape index (κ3) is 24.2. The Kier molecular flexibility index (Phi) is 28.4. The standard InChI is InChI=1S/C52H77F4N11O25P2S2/c1-48(2,3)43(77)50(6,58)25-88-49(4,5)14-9-34(68)61-27(42(76)60-16-11-38(72)87-22-36(70)63-33-13-18-67(47(79)65-33)45-52(55,56)40(74)29(92-45)20-90-94(83,84)85)24-96-31-8-7-30(31)95-23-26(57)41(75)59-15-10-37(71)86-21-35(69)62-32-12-17-66(46(78)64-32)44-51(53,54)39(73)28(91-44)19-89-93(80,81)82/h12-13,17-18,26-31,39-40,44-45,73-74H,7-11,14-16,19-25,57-58H2,1-6H3,(H,59,75)(H,60,76)(H,61,68)(H2,80,81,82)(H2,83,84,85)(H,62,64,69,78)(H,63,65,70,79)/t26?,27?,28-,29-,30?,31?,39-,40-,44-,45-,50?/m1/s1. The SMILES string of the molecule is CC(C)(CCC(=O)NC(CSC1CCC1SCC(N)C(=O)NCCC(=O)OCC(=O)Nc1ccn([C@@H]2O[C@H](COP(=O)(O)O)[C@@H](O)C2(F)F)c(=O)n1)C(=O)NCCC(=O)OCC(=O)Nc1ccn([C@@H]2O[C@H](COP(=O)(O)O)[C@@H](O)C2(F)F)c(=O)n1)OCC(C)(N)C(=O)C(C)(C)C. The Morgan fingerprint density at radius 3 is 1.53 bits per heavy atom. The number of hydrogen-bond donors (Lipinski definition) is 13. The smallest absolute Gasteiger partial charge is 0.456 e. The first-order chi connectivity index (χ1) is 44.3. The lowest BCUT2D eigenvalue weighted by molar-refractivity contribution is -0.147. The van der Waals surface area contributed by atoms with Crippen molar-refractivity contribution in [3.63, 3.8) is 0 Å². The Balaban J connectivity index is 1.06. The van der Waals surface area contributed by atoms with E-state index in [4.69, 9.17) is 54.7 Å². The molecule has 5 rings (SSSR count). The van der Waals surface area contributed by atoms with E-state index in [2.05, 4.69) is 45.6 Å². The minimum Gasteiger partial charge on any atom is -0.456 e. The van der Waals surface area contributed by atoms with Crippen LogP contribution in [0.25, 0.3) is 0 Å². The zero-order valence-corrected chi connectivity index (χ0v) is 55.7. The molecule has 5 amide bonds. The predicted molar refractivity (Wildman–Crippen MR) is 325 cm³/mol. The summed E-state index contributed by atoms with van der Waals surface area (Å²) in [6.07, 6.45) is -12.4. The summed E-state index contributed by atoms with van der Waals surface area (Å²) in [6, 6.07) is -0.483. The van der Waals surface area contributed by atoms with Crippen LogP contribution >= 0.6 is 39.2 Å². The van der Waals surface area contributed by atoms with Crippen LogP contribution in [0.15, 0.2) is 34.1 Å². The molecule has 44 heteroatoms. The van der Waals surface area contributed by atoms with Crippen molar-refractivity contribution in [2.45, 2.75) is 163 Å². The second kappa shape index (κ2) is 33.8. The molecule has 2 saturated heterocycles. The summed E-state index contributed by atoms with van der Waals surface area (Å²) < 4.78 is 116. The number of aliphatic hydroxyl groups is 2. The molecule has 11 atom stereocenters. The normalized spacial score (nSPS) is 22.9. The zero-order valence-electron chi connectivity index (χ0n) is 52.3. The Morgan fingerprint density at radius 2 is 1.12 bits per heavy atom. The number of aromatic nitrogens is 4. The monoisotopic (exact) mass is 1460 g/mol. The van der Waals surface area contributed by atoms with Crippen molar-refractivity contribution in [1.82, 2.24) is 35.1 Å². The zero-order chi connectivity index (χ0) is 72.1. The van der Waals surface area contributed by atoms with Gasteiger partial charge in [0, 0.05) is 59.3 Å². The Bertz CT molecular complexity index is 3360. The number of aliphatic hydroxyl groups excluding tert-OH is 2. The minimum atomic E-state index is -5.16. The lowest BCUT2D eigenvalue weighted by Gasteiger charge is -2.37. The van der Waals surface area contributed by atoms with Gasteiger partial charge in [0.25, 0.3) is 11.8 Å². The van der Waals surface area contributed by atoms with Gasteiger partial charge in [-0.25, -0.2) is 18.7 Å². The quantitative estimate of drug-likeness (QED) is 0.0203. The van der Waals surface area contributed by atoms with E-state index in [1.54, 1.807) is 41.5 Å². The molecule has 36 nitrogen and oxygen atoms in total. The second-order valence-electron chi connectivity index (χ2n) is 24.0. The molecule has 0 aromatic carbocycles. The molecule has 1 saturated carbocycles. The van der Waals surface area contributed by atoms with Crippen LogP contribution in [0.2, 0.25) is 0 Å². The Hall–Kier alpha value is -5.92. The number of anilines is 2. The van der Waals surface area contributed by atoms with E-state index in [9.17, 15) is 84.9 Å². The molecule has 3 aliphatic rings. The Morgan fingerprint density at radius 1 is 0.698 bits per heavy atom. The number of nitrogens with one attached hydrogen (secondary N) is 5. The van der Waals surface area contributed by atoms with Crippen LogP contribution in [0.5, 0.6) is 0 Å². The maximum Gasteiger partial charge on any atom is 0.469 e. The van der Waals surface area contributed by atoms with Gasteiger partial charge < -0.3 is 91.5 Å². The number of carbonyl (C=O) groups excluding carboxylic acids is 8. The van der Waals surface area contributed by atoms with Crippen LogP contribution in [0, 0.1) is 5.41 Å². The number of nitrogens with zero attached hydrogens (tertiary/aromatic N) is 4. The maximum atomic E-state index is 14.9. The van der Waals surface area contributed by atoms with Gasteiger partial charge in [0.2, 0.25) is 30.2 Å². The number of amides is 5. The lowest BCUT2D eigenvalue weighted by Crippen LogP contribution is -2.55. The first-order valence-corrected chi connectivity index (χ1v) is 34.2. The number of esters is 2. The molecule has 15 N–H and O–H groups in total. The number of thioether (sulfide) groups is 2. The number of carbonyl (C=O) groups is 8. The number of phosphoric ester groups is 2. The van der Waals surface area contributed by atoms with E-state index in [-0.39, 0.29) is 69.5 Å². The van der Waals surface area contributed by atoms with Crippen molar-refractivity contribution in [3.05, 3.63) is 45.5 Å². The number of Topliss-reactive ketones (excluding diaryl/α,β-unsaturated/α-hetero) is 1. The van der Waals surface area contributed by atoms with E-state index >= 15 is 0 Å². The average Bonchev–Trinajstić information content (AvgIpc) is 1.62. The molecule has 2 aromatic heterocycles. The van der Waals surface area contributed by atoms with E-state index < -0.39 is 197 Å². The molecular weight excluding hydrogens is 1380 g/mol. The van der Waals surface area contributed by atoms with E-state index in [0.29, 0.717) is 12.8 Å². The highest BCUT2D eigenvalue weighted by Gasteiger charge is 2.61. The average molecular weight is 1460 g/mol. The molecule has 1 aliphatic carbocycles. The van der Waals surface area contributed by atoms with Gasteiger partial charge in [-0.3, -0.25) is 56.5 Å².